The third kappa shape index (κ3) is 6.26. The Morgan fingerprint density at radius 2 is 2.00 bits per heavy atom. The average Bonchev–Trinajstić information content (AvgIpc) is 2.37. The van der Waals surface area contributed by atoms with Crippen LogP contribution in [-0.4, -0.2) is 41.6 Å². The van der Waals surface area contributed by atoms with E-state index in [1.54, 1.807) is 4.90 Å². The number of nitrogens with zero attached hydrogens (tertiary/aromatic N) is 1. The third-order valence-electron chi connectivity index (χ3n) is 3.69. The standard InChI is InChI=1S/C15H28N2O3/c1-15(2,3)8-4-5-9-16-14(20)17-10-6-7-12(11-17)13(18)19/h12H,4-11H2,1-3H3,(H,16,20)(H,18,19). The van der Waals surface area contributed by atoms with E-state index in [9.17, 15) is 9.59 Å². The van der Waals surface area contributed by atoms with Crippen LogP contribution in [0.25, 0.3) is 0 Å². The summed E-state index contributed by atoms with van der Waals surface area (Å²) in [6.45, 7) is 8.31. The van der Waals surface area contributed by atoms with E-state index in [0.29, 0.717) is 31.5 Å². The number of carboxylic acids is 1. The van der Waals surface area contributed by atoms with Crippen molar-refractivity contribution in [3.63, 3.8) is 0 Å². The molecule has 5 heteroatoms. The molecule has 0 bridgehead atoms. The predicted molar refractivity (Wildman–Crippen MR) is 78.6 cm³/mol. The Morgan fingerprint density at radius 3 is 2.60 bits per heavy atom. The second kappa shape index (κ2) is 7.50. The second-order valence-electron chi connectivity index (χ2n) is 6.87. The van der Waals surface area contributed by atoms with Crippen LogP contribution < -0.4 is 5.32 Å². The number of hydrogen-bond donors (Lipinski definition) is 2. The van der Waals surface area contributed by atoms with Crippen molar-refractivity contribution in [1.82, 2.24) is 10.2 Å². The van der Waals surface area contributed by atoms with Crippen LogP contribution in [0.1, 0.15) is 52.9 Å². The average molecular weight is 284 g/mol. The van der Waals surface area contributed by atoms with Crippen LogP contribution in [0.2, 0.25) is 0 Å². The number of amides is 2. The fraction of sp³-hybridized carbons (Fsp3) is 0.867. The number of unbranched alkanes of at least 4 members (excludes halogenated alkanes) is 1. The van der Waals surface area contributed by atoms with Gasteiger partial charge in [-0.2, -0.15) is 0 Å². The Kier molecular flexibility index (Phi) is 6.30. The zero-order chi connectivity index (χ0) is 15.2. The topological polar surface area (TPSA) is 69.6 Å². The van der Waals surface area contributed by atoms with E-state index in [1.165, 1.54) is 0 Å². The first-order valence-electron chi connectivity index (χ1n) is 7.55. The molecular formula is C15H28N2O3. The Bertz CT molecular complexity index is 337. The molecule has 0 aromatic heterocycles. The lowest BCUT2D eigenvalue weighted by Crippen LogP contribution is -2.47. The van der Waals surface area contributed by atoms with Crippen LogP contribution in [0.3, 0.4) is 0 Å². The summed E-state index contributed by atoms with van der Waals surface area (Å²) in [5.74, 6) is -1.21. The predicted octanol–water partition coefficient (Wildman–Crippen LogP) is 2.71. The zero-order valence-electron chi connectivity index (χ0n) is 12.9. The Morgan fingerprint density at radius 1 is 1.30 bits per heavy atom. The van der Waals surface area contributed by atoms with Crippen LogP contribution in [-0.2, 0) is 4.79 Å². The van der Waals surface area contributed by atoms with E-state index >= 15 is 0 Å². The van der Waals surface area contributed by atoms with Crippen LogP contribution in [0.15, 0.2) is 0 Å². The first kappa shape index (κ1) is 16.8. The largest absolute Gasteiger partial charge is 0.481 e. The molecule has 0 spiro atoms. The van der Waals surface area contributed by atoms with Gasteiger partial charge in [0.2, 0.25) is 0 Å². The number of carbonyl (C=O) groups excluding carboxylic acids is 1. The molecule has 1 aliphatic rings. The number of piperidine rings is 1. The van der Waals surface area contributed by atoms with E-state index in [-0.39, 0.29) is 6.03 Å². The minimum absolute atomic E-state index is 0.119. The van der Waals surface area contributed by atoms with Crippen molar-refractivity contribution in [2.45, 2.75) is 52.9 Å². The number of hydrogen-bond acceptors (Lipinski definition) is 2. The Balaban J connectivity index is 2.20. The molecule has 0 saturated carbocycles. The van der Waals surface area contributed by atoms with Crippen molar-refractivity contribution in [2.24, 2.45) is 11.3 Å². The van der Waals surface area contributed by atoms with Gasteiger partial charge in [-0.3, -0.25) is 4.79 Å². The number of aliphatic carboxylic acids is 1. The molecule has 0 aromatic carbocycles. The van der Waals surface area contributed by atoms with E-state index in [1.807, 2.05) is 0 Å². The number of rotatable bonds is 5. The Labute approximate surface area is 121 Å². The highest BCUT2D eigenvalue weighted by molar-refractivity contribution is 5.76. The second-order valence-corrected chi connectivity index (χ2v) is 6.87. The molecular weight excluding hydrogens is 256 g/mol. The molecule has 1 heterocycles. The number of urea groups is 1. The monoisotopic (exact) mass is 284 g/mol. The van der Waals surface area contributed by atoms with Gasteiger partial charge in [0, 0.05) is 19.6 Å². The summed E-state index contributed by atoms with van der Waals surface area (Å²) in [5, 5.41) is 11.9. The van der Waals surface area contributed by atoms with Crippen molar-refractivity contribution in [3.05, 3.63) is 0 Å². The molecule has 2 N–H and O–H groups in total. The summed E-state index contributed by atoms with van der Waals surface area (Å²) in [7, 11) is 0. The molecule has 1 unspecified atom stereocenters. The lowest BCUT2D eigenvalue weighted by atomic mass is 9.90. The van der Waals surface area contributed by atoms with Crippen LogP contribution in [0, 0.1) is 11.3 Å². The summed E-state index contributed by atoms with van der Waals surface area (Å²) in [5.41, 5.74) is 0.339. The summed E-state index contributed by atoms with van der Waals surface area (Å²) >= 11 is 0. The van der Waals surface area contributed by atoms with Gasteiger partial charge in [0.1, 0.15) is 0 Å². The van der Waals surface area contributed by atoms with Crippen molar-refractivity contribution in [3.8, 4) is 0 Å². The molecule has 5 nitrogen and oxygen atoms in total. The normalized spacial score (nSPS) is 19.8. The molecule has 20 heavy (non-hydrogen) atoms. The zero-order valence-corrected chi connectivity index (χ0v) is 12.9. The lowest BCUT2D eigenvalue weighted by molar-refractivity contribution is -0.143. The molecule has 0 radical (unpaired) electrons. The van der Waals surface area contributed by atoms with Crippen LogP contribution >= 0.6 is 0 Å². The van der Waals surface area contributed by atoms with Gasteiger partial charge in [-0.1, -0.05) is 27.2 Å². The molecule has 1 atom stereocenters. The van der Waals surface area contributed by atoms with Crippen molar-refractivity contribution < 1.29 is 14.7 Å². The van der Waals surface area contributed by atoms with Gasteiger partial charge in [0.25, 0.3) is 0 Å². The summed E-state index contributed by atoms with van der Waals surface area (Å²) < 4.78 is 0. The first-order valence-corrected chi connectivity index (χ1v) is 7.55. The maximum atomic E-state index is 11.9. The number of carboxylic acid groups (broad SMARTS) is 1. The van der Waals surface area contributed by atoms with Crippen LogP contribution in [0.4, 0.5) is 4.79 Å². The lowest BCUT2D eigenvalue weighted by Gasteiger charge is -2.30. The van der Waals surface area contributed by atoms with Gasteiger partial charge < -0.3 is 15.3 Å². The minimum atomic E-state index is -0.798. The van der Waals surface area contributed by atoms with Crippen molar-refractivity contribution in [1.29, 1.82) is 0 Å². The molecule has 1 aliphatic heterocycles. The van der Waals surface area contributed by atoms with Crippen molar-refractivity contribution in [2.75, 3.05) is 19.6 Å². The molecule has 1 fully saturated rings. The van der Waals surface area contributed by atoms with Crippen molar-refractivity contribution >= 4 is 12.0 Å². The number of nitrogens with one attached hydrogen (secondary N) is 1. The number of likely N-dealkylation sites (tertiary alicyclic amines) is 1. The molecule has 1 rings (SSSR count). The van der Waals surface area contributed by atoms with Crippen LogP contribution in [0.5, 0.6) is 0 Å². The summed E-state index contributed by atoms with van der Waals surface area (Å²) in [6.07, 6.45) is 4.66. The molecule has 116 valence electrons. The van der Waals surface area contributed by atoms with Gasteiger partial charge in [-0.15, -0.1) is 0 Å². The van der Waals surface area contributed by atoms with Gasteiger partial charge >= 0.3 is 12.0 Å². The van der Waals surface area contributed by atoms with E-state index < -0.39 is 11.9 Å². The highest BCUT2D eigenvalue weighted by Gasteiger charge is 2.27. The summed E-state index contributed by atoms with van der Waals surface area (Å²) in [4.78, 5) is 24.5. The third-order valence-corrected chi connectivity index (χ3v) is 3.69. The maximum Gasteiger partial charge on any atom is 0.317 e. The van der Waals surface area contributed by atoms with Gasteiger partial charge in [0.05, 0.1) is 5.92 Å². The fourth-order valence-corrected chi connectivity index (χ4v) is 2.45. The van der Waals surface area contributed by atoms with E-state index in [2.05, 4.69) is 26.1 Å². The maximum absolute atomic E-state index is 11.9. The quantitative estimate of drug-likeness (QED) is 0.763. The molecule has 1 saturated heterocycles. The smallest absolute Gasteiger partial charge is 0.317 e. The fourth-order valence-electron chi connectivity index (χ4n) is 2.45. The highest BCUT2D eigenvalue weighted by atomic mass is 16.4. The highest BCUT2D eigenvalue weighted by Crippen LogP contribution is 2.21. The minimum Gasteiger partial charge on any atom is -0.481 e. The SMILES string of the molecule is CC(C)(C)CCCCNC(=O)N1CCCC(C(=O)O)C1. The Hall–Kier alpha value is -1.26. The molecule has 2 amide bonds. The molecule has 0 aliphatic carbocycles. The van der Waals surface area contributed by atoms with Gasteiger partial charge in [-0.25, -0.2) is 4.79 Å². The number of carbonyl (C=O) groups is 2. The van der Waals surface area contributed by atoms with E-state index in [4.69, 9.17) is 5.11 Å². The van der Waals surface area contributed by atoms with E-state index in [0.717, 1.165) is 25.7 Å². The summed E-state index contributed by atoms with van der Waals surface area (Å²) in [6, 6.07) is -0.119. The molecule has 0 aromatic rings. The van der Waals surface area contributed by atoms with Gasteiger partial charge in [-0.05, 0) is 31.1 Å². The van der Waals surface area contributed by atoms with Gasteiger partial charge in [0.15, 0.2) is 0 Å². The first-order chi connectivity index (χ1) is 9.29.